The summed E-state index contributed by atoms with van der Waals surface area (Å²) >= 11 is 6.05. The van der Waals surface area contributed by atoms with Crippen LogP contribution in [0.5, 0.6) is 0 Å². The molecule has 0 saturated heterocycles. The zero-order valence-electron chi connectivity index (χ0n) is 10.6. The van der Waals surface area contributed by atoms with Crippen molar-refractivity contribution >= 4 is 11.6 Å². The molecule has 0 aliphatic rings. The standard InChI is InChI=1S/C14H18ClN3/c1-2-7-13-16-17-14(15)18(13)11-6-10-12-8-4-3-5-9-12/h3-5,8-9H,2,6-7,10-11H2,1H3. The lowest BCUT2D eigenvalue weighted by molar-refractivity contribution is 0.606. The van der Waals surface area contributed by atoms with Gasteiger partial charge in [0.05, 0.1) is 0 Å². The maximum absolute atomic E-state index is 6.05. The molecule has 2 aromatic rings. The fourth-order valence-electron chi connectivity index (χ4n) is 2.03. The van der Waals surface area contributed by atoms with Crippen molar-refractivity contribution in [3.8, 4) is 0 Å². The SMILES string of the molecule is CCCc1nnc(Cl)n1CCCc1ccccc1. The van der Waals surface area contributed by atoms with Crippen molar-refractivity contribution in [3.05, 3.63) is 47.0 Å². The fourth-order valence-corrected chi connectivity index (χ4v) is 2.25. The molecule has 3 nitrogen and oxygen atoms in total. The lowest BCUT2D eigenvalue weighted by atomic mass is 10.1. The highest BCUT2D eigenvalue weighted by Crippen LogP contribution is 2.12. The maximum Gasteiger partial charge on any atom is 0.225 e. The summed E-state index contributed by atoms with van der Waals surface area (Å²) in [6, 6.07) is 10.5. The van der Waals surface area contributed by atoms with E-state index in [9.17, 15) is 0 Å². The Morgan fingerprint density at radius 2 is 1.89 bits per heavy atom. The quantitative estimate of drug-likeness (QED) is 0.798. The molecule has 0 saturated carbocycles. The zero-order valence-corrected chi connectivity index (χ0v) is 11.4. The Kier molecular flexibility index (Phi) is 4.76. The molecular formula is C14H18ClN3. The smallest absolute Gasteiger partial charge is 0.225 e. The summed E-state index contributed by atoms with van der Waals surface area (Å²) in [4.78, 5) is 0. The van der Waals surface area contributed by atoms with Crippen LogP contribution in [-0.2, 0) is 19.4 Å². The highest BCUT2D eigenvalue weighted by atomic mass is 35.5. The van der Waals surface area contributed by atoms with Crippen LogP contribution in [0.15, 0.2) is 30.3 Å². The van der Waals surface area contributed by atoms with Crippen molar-refractivity contribution in [2.45, 2.75) is 39.2 Å². The van der Waals surface area contributed by atoms with Crippen LogP contribution < -0.4 is 0 Å². The molecule has 18 heavy (non-hydrogen) atoms. The van der Waals surface area contributed by atoms with Crippen LogP contribution in [0.2, 0.25) is 5.28 Å². The Labute approximate surface area is 113 Å². The van der Waals surface area contributed by atoms with E-state index in [0.717, 1.165) is 38.1 Å². The molecule has 0 N–H and O–H groups in total. The van der Waals surface area contributed by atoms with Crippen molar-refractivity contribution in [2.24, 2.45) is 0 Å². The average molecular weight is 264 g/mol. The summed E-state index contributed by atoms with van der Waals surface area (Å²) in [5.74, 6) is 0.996. The largest absolute Gasteiger partial charge is 0.302 e. The third-order valence-corrected chi connectivity index (χ3v) is 3.23. The highest BCUT2D eigenvalue weighted by molar-refractivity contribution is 6.28. The van der Waals surface area contributed by atoms with Gasteiger partial charge in [-0.1, -0.05) is 37.3 Å². The maximum atomic E-state index is 6.05. The highest BCUT2D eigenvalue weighted by Gasteiger charge is 2.08. The molecule has 1 heterocycles. The van der Waals surface area contributed by atoms with E-state index in [4.69, 9.17) is 11.6 Å². The minimum Gasteiger partial charge on any atom is -0.302 e. The first-order valence-corrected chi connectivity index (χ1v) is 6.80. The van der Waals surface area contributed by atoms with Crippen molar-refractivity contribution in [3.63, 3.8) is 0 Å². The lowest BCUT2D eigenvalue weighted by Gasteiger charge is -2.07. The van der Waals surface area contributed by atoms with Crippen LogP contribution in [0.1, 0.15) is 31.2 Å². The predicted molar refractivity (Wildman–Crippen MR) is 73.8 cm³/mol. The molecule has 0 unspecified atom stereocenters. The molecule has 1 aromatic heterocycles. The van der Waals surface area contributed by atoms with Gasteiger partial charge in [0.2, 0.25) is 5.28 Å². The third kappa shape index (κ3) is 3.33. The number of hydrogen-bond donors (Lipinski definition) is 0. The Balaban J connectivity index is 1.92. The lowest BCUT2D eigenvalue weighted by Crippen LogP contribution is -2.05. The minimum atomic E-state index is 0.506. The topological polar surface area (TPSA) is 30.7 Å². The van der Waals surface area contributed by atoms with Gasteiger partial charge in [0.25, 0.3) is 0 Å². The van der Waals surface area contributed by atoms with Crippen molar-refractivity contribution in [1.82, 2.24) is 14.8 Å². The van der Waals surface area contributed by atoms with E-state index in [-0.39, 0.29) is 0 Å². The zero-order chi connectivity index (χ0) is 12.8. The van der Waals surface area contributed by atoms with E-state index in [1.807, 2.05) is 10.6 Å². The van der Waals surface area contributed by atoms with Crippen molar-refractivity contribution in [1.29, 1.82) is 0 Å². The number of benzene rings is 1. The second-order valence-corrected chi connectivity index (χ2v) is 4.71. The van der Waals surface area contributed by atoms with Gasteiger partial charge < -0.3 is 4.57 Å². The first-order valence-electron chi connectivity index (χ1n) is 6.42. The normalized spacial score (nSPS) is 10.8. The molecule has 2 rings (SSSR count). The molecule has 0 spiro atoms. The van der Waals surface area contributed by atoms with Gasteiger partial charge >= 0.3 is 0 Å². The van der Waals surface area contributed by atoms with E-state index >= 15 is 0 Å². The molecule has 0 aliphatic heterocycles. The van der Waals surface area contributed by atoms with E-state index in [0.29, 0.717) is 5.28 Å². The molecular weight excluding hydrogens is 246 g/mol. The van der Waals surface area contributed by atoms with Gasteiger partial charge in [0.15, 0.2) is 0 Å². The Hall–Kier alpha value is -1.35. The molecule has 4 heteroatoms. The summed E-state index contributed by atoms with van der Waals surface area (Å²) in [6.45, 7) is 3.02. The monoisotopic (exact) mass is 263 g/mol. The van der Waals surface area contributed by atoms with E-state index in [2.05, 4.69) is 41.4 Å². The third-order valence-electron chi connectivity index (χ3n) is 2.95. The summed E-state index contributed by atoms with van der Waals surface area (Å²) in [5, 5.41) is 8.56. The summed E-state index contributed by atoms with van der Waals surface area (Å²) < 4.78 is 2.02. The van der Waals surface area contributed by atoms with E-state index in [1.54, 1.807) is 0 Å². The van der Waals surface area contributed by atoms with Crippen LogP contribution in [0.4, 0.5) is 0 Å². The number of rotatable bonds is 6. The molecule has 1 aromatic carbocycles. The van der Waals surface area contributed by atoms with Crippen LogP contribution in [0, 0.1) is 0 Å². The Bertz CT molecular complexity index is 479. The molecule has 0 amide bonds. The van der Waals surface area contributed by atoms with Crippen molar-refractivity contribution in [2.75, 3.05) is 0 Å². The Morgan fingerprint density at radius 1 is 1.11 bits per heavy atom. The average Bonchev–Trinajstić information content (AvgIpc) is 2.73. The molecule has 0 bridgehead atoms. The van der Waals surface area contributed by atoms with Gasteiger partial charge in [-0.2, -0.15) is 0 Å². The van der Waals surface area contributed by atoms with Crippen LogP contribution in [-0.4, -0.2) is 14.8 Å². The van der Waals surface area contributed by atoms with Gasteiger partial charge in [-0.15, -0.1) is 10.2 Å². The predicted octanol–water partition coefficient (Wildman–Crippen LogP) is 3.52. The van der Waals surface area contributed by atoms with Gasteiger partial charge in [-0.05, 0) is 36.4 Å². The van der Waals surface area contributed by atoms with E-state index < -0.39 is 0 Å². The van der Waals surface area contributed by atoms with Gasteiger partial charge in [0, 0.05) is 13.0 Å². The second kappa shape index (κ2) is 6.55. The van der Waals surface area contributed by atoms with Gasteiger partial charge in [-0.25, -0.2) is 0 Å². The summed E-state index contributed by atoms with van der Waals surface area (Å²) in [6.07, 6.45) is 4.11. The number of halogens is 1. The number of aromatic nitrogens is 3. The van der Waals surface area contributed by atoms with Crippen LogP contribution in [0.25, 0.3) is 0 Å². The minimum absolute atomic E-state index is 0.506. The van der Waals surface area contributed by atoms with Gasteiger partial charge in [-0.3, -0.25) is 0 Å². The fraction of sp³-hybridized carbons (Fsp3) is 0.429. The first-order chi connectivity index (χ1) is 8.81. The number of hydrogen-bond acceptors (Lipinski definition) is 2. The van der Waals surface area contributed by atoms with Crippen molar-refractivity contribution < 1.29 is 0 Å². The van der Waals surface area contributed by atoms with Gasteiger partial charge in [0.1, 0.15) is 5.82 Å². The summed E-state index contributed by atoms with van der Waals surface area (Å²) in [5.41, 5.74) is 1.36. The van der Waals surface area contributed by atoms with Crippen LogP contribution in [0.3, 0.4) is 0 Å². The second-order valence-electron chi connectivity index (χ2n) is 4.38. The molecule has 0 radical (unpaired) electrons. The van der Waals surface area contributed by atoms with Crippen LogP contribution >= 0.6 is 11.6 Å². The van der Waals surface area contributed by atoms with E-state index in [1.165, 1.54) is 5.56 Å². The molecule has 0 fully saturated rings. The molecule has 96 valence electrons. The number of aryl methyl sites for hydroxylation is 2. The molecule has 0 atom stereocenters. The Morgan fingerprint density at radius 3 is 2.61 bits per heavy atom. The summed E-state index contributed by atoms with van der Waals surface area (Å²) in [7, 11) is 0. The first kappa shape index (κ1) is 13.1. The number of nitrogens with zero attached hydrogens (tertiary/aromatic N) is 3. The molecule has 0 aliphatic carbocycles.